The van der Waals surface area contributed by atoms with Gasteiger partial charge in [0.1, 0.15) is 24.7 Å². The van der Waals surface area contributed by atoms with Gasteiger partial charge in [-0.15, -0.1) is 0 Å². The Morgan fingerprint density at radius 3 is 2.49 bits per heavy atom. The highest BCUT2D eigenvalue weighted by Crippen LogP contribution is 2.40. The summed E-state index contributed by atoms with van der Waals surface area (Å²) < 4.78 is 69.8. The third-order valence-electron chi connectivity index (χ3n) is 5.94. The molecule has 0 unspecified atom stereocenters. The highest BCUT2D eigenvalue weighted by Gasteiger charge is 2.37. The Morgan fingerprint density at radius 2 is 1.81 bits per heavy atom. The number of rotatable bonds is 10. The standard InChI is InChI=1S/C29H23ClF4N2O6S/c1-3-41-23-11-16(10-19(30)26(23)42-15-17-6-4-5-7-20(17)31)12-24-27(38)36(28(39)43-24)14-25(37)35-21-13-18(29(32,33)34)8-9-22(21)40-2/h4-13H,3,14-15H2,1-2H3,(H,35,37)/b24-12-. The number of thioether (sulfide) groups is 1. The van der Waals surface area contributed by atoms with Gasteiger partial charge < -0.3 is 19.5 Å². The summed E-state index contributed by atoms with van der Waals surface area (Å²) in [5.41, 5.74) is -0.628. The van der Waals surface area contributed by atoms with Crippen molar-refractivity contribution < 1.29 is 46.2 Å². The number of carbonyl (C=O) groups excluding carboxylic acids is 3. The number of alkyl halides is 3. The zero-order valence-electron chi connectivity index (χ0n) is 22.6. The molecule has 1 saturated heterocycles. The molecule has 0 saturated carbocycles. The number of carbonyl (C=O) groups is 3. The molecule has 14 heteroatoms. The number of nitrogens with zero attached hydrogens (tertiary/aromatic N) is 1. The number of halogens is 5. The highest BCUT2D eigenvalue weighted by atomic mass is 35.5. The molecule has 0 aromatic heterocycles. The summed E-state index contributed by atoms with van der Waals surface area (Å²) in [6.07, 6.45) is -3.30. The third-order valence-corrected chi connectivity index (χ3v) is 7.12. The molecule has 226 valence electrons. The first-order valence-corrected chi connectivity index (χ1v) is 13.7. The molecule has 3 aromatic rings. The van der Waals surface area contributed by atoms with Crippen LogP contribution < -0.4 is 19.5 Å². The summed E-state index contributed by atoms with van der Waals surface area (Å²) in [7, 11) is 1.21. The number of methoxy groups -OCH3 is 1. The van der Waals surface area contributed by atoms with Crippen molar-refractivity contribution in [3.05, 3.63) is 87.0 Å². The lowest BCUT2D eigenvalue weighted by Gasteiger charge is -2.16. The predicted octanol–water partition coefficient (Wildman–Crippen LogP) is 7.16. The fraction of sp³-hybridized carbons (Fsp3) is 0.207. The van der Waals surface area contributed by atoms with Crippen molar-refractivity contribution in [2.24, 2.45) is 0 Å². The summed E-state index contributed by atoms with van der Waals surface area (Å²) in [5, 5.41) is 1.60. The maximum Gasteiger partial charge on any atom is 0.416 e. The molecular weight excluding hydrogens is 616 g/mol. The molecule has 0 spiro atoms. The first-order valence-electron chi connectivity index (χ1n) is 12.5. The van der Waals surface area contributed by atoms with Crippen LogP contribution in [0.3, 0.4) is 0 Å². The van der Waals surface area contributed by atoms with E-state index >= 15 is 0 Å². The van der Waals surface area contributed by atoms with E-state index < -0.39 is 41.2 Å². The number of hydrogen-bond donors (Lipinski definition) is 1. The van der Waals surface area contributed by atoms with Gasteiger partial charge in [-0.25, -0.2) is 4.39 Å². The van der Waals surface area contributed by atoms with Crippen LogP contribution in [0.25, 0.3) is 6.08 Å². The molecule has 1 N–H and O–H groups in total. The Balaban J connectivity index is 1.50. The average Bonchev–Trinajstić information content (AvgIpc) is 3.20. The van der Waals surface area contributed by atoms with Crippen LogP contribution in [0.2, 0.25) is 5.02 Å². The van der Waals surface area contributed by atoms with E-state index in [1.165, 1.54) is 31.4 Å². The number of imide groups is 1. The highest BCUT2D eigenvalue weighted by molar-refractivity contribution is 8.18. The minimum Gasteiger partial charge on any atom is -0.495 e. The smallest absolute Gasteiger partial charge is 0.416 e. The molecule has 0 radical (unpaired) electrons. The summed E-state index contributed by atoms with van der Waals surface area (Å²) in [5.74, 6) is -1.84. The van der Waals surface area contributed by atoms with Crippen LogP contribution in [0, 0.1) is 5.82 Å². The van der Waals surface area contributed by atoms with Crippen LogP contribution in [0.4, 0.5) is 28.0 Å². The molecule has 0 aliphatic carbocycles. The molecule has 1 heterocycles. The lowest BCUT2D eigenvalue weighted by molar-refractivity contribution is -0.137. The lowest BCUT2D eigenvalue weighted by Crippen LogP contribution is -2.36. The van der Waals surface area contributed by atoms with E-state index in [0.29, 0.717) is 33.9 Å². The summed E-state index contributed by atoms with van der Waals surface area (Å²) >= 11 is 7.00. The molecular formula is C29H23ClF4N2O6S. The van der Waals surface area contributed by atoms with Crippen molar-refractivity contribution in [1.82, 2.24) is 4.90 Å². The second-order valence-corrected chi connectivity index (χ2v) is 10.3. The normalized spacial score (nSPS) is 14.3. The van der Waals surface area contributed by atoms with E-state index in [-0.39, 0.29) is 46.1 Å². The van der Waals surface area contributed by atoms with Crippen molar-refractivity contribution in [2.45, 2.75) is 19.7 Å². The van der Waals surface area contributed by atoms with E-state index in [1.807, 2.05) is 0 Å². The van der Waals surface area contributed by atoms with Crippen molar-refractivity contribution in [2.75, 3.05) is 25.6 Å². The molecule has 4 rings (SSSR count). The number of anilines is 1. The summed E-state index contributed by atoms with van der Waals surface area (Å²) in [4.78, 5) is 38.9. The molecule has 43 heavy (non-hydrogen) atoms. The second kappa shape index (κ2) is 13.4. The van der Waals surface area contributed by atoms with Crippen LogP contribution in [-0.2, 0) is 22.4 Å². The fourth-order valence-corrected chi connectivity index (χ4v) is 5.05. The van der Waals surface area contributed by atoms with Crippen LogP contribution in [0.5, 0.6) is 17.2 Å². The Bertz CT molecular complexity index is 1600. The van der Waals surface area contributed by atoms with E-state index in [1.54, 1.807) is 25.1 Å². The van der Waals surface area contributed by atoms with Crippen LogP contribution in [0.1, 0.15) is 23.6 Å². The topological polar surface area (TPSA) is 94.2 Å². The van der Waals surface area contributed by atoms with Crippen molar-refractivity contribution in [3.63, 3.8) is 0 Å². The fourth-order valence-electron chi connectivity index (χ4n) is 3.94. The first-order chi connectivity index (χ1) is 20.4. The summed E-state index contributed by atoms with van der Waals surface area (Å²) in [6.45, 7) is 1.08. The minimum absolute atomic E-state index is 0.0343. The van der Waals surface area contributed by atoms with Crippen molar-refractivity contribution >= 4 is 52.2 Å². The molecule has 8 nitrogen and oxygen atoms in total. The zero-order valence-corrected chi connectivity index (χ0v) is 24.2. The Morgan fingerprint density at radius 1 is 1.07 bits per heavy atom. The first kappa shape index (κ1) is 31.7. The van der Waals surface area contributed by atoms with E-state index in [0.717, 1.165) is 12.1 Å². The van der Waals surface area contributed by atoms with Gasteiger partial charge in [-0.2, -0.15) is 13.2 Å². The number of amides is 3. The lowest BCUT2D eigenvalue weighted by atomic mass is 10.1. The van der Waals surface area contributed by atoms with Gasteiger partial charge in [0, 0.05) is 5.56 Å². The largest absolute Gasteiger partial charge is 0.495 e. The predicted molar refractivity (Wildman–Crippen MR) is 153 cm³/mol. The monoisotopic (exact) mass is 638 g/mol. The molecule has 1 aliphatic rings. The van der Waals surface area contributed by atoms with Gasteiger partial charge in [0.25, 0.3) is 11.1 Å². The molecule has 0 atom stereocenters. The molecule has 3 aromatic carbocycles. The Hall–Kier alpha value is -4.23. The van der Waals surface area contributed by atoms with Gasteiger partial charge in [0.05, 0.1) is 34.9 Å². The Kier molecular flexibility index (Phi) is 9.87. The maximum atomic E-state index is 14.0. The van der Waals surface area contributed by atoms with Gasteiger partial charge in [-0.3, -0.25) is 19.3 Å². The third kappa shape index (κ3) is 7.59. The average molecular weight is 639 g/mol. The number of nitrogens with one attached hydrogen (secondary N) is 1. The van der Waals surface area contributed by atoms with Crippen LogP contribution in [-0.4, -0.2) is 42.2 Å². The second-order valence-electron chi connectivity index (χ2n) is 8.87. The molecule has 1 aliphatic heterocycles. The van der Waals surface area contributed by atoms with E-state index in [2.05, 4.69) is 5.32 Å². The molecule has 0 bridgehead atoms. The molecule has 1 fully saturated rings. The van der Waals surface area contributed by atoms with Gasteiger partial charge in [-0.1, -0.05) is 29.8 Å². The quantitative estimate of drug-likeness (QED) is 0.186. The van der Waals surface area contributed by atoms with E-state index in [4.69, 9.17) is 25.8 Å². The maximum absolute atomic E-state index is 14.0. The van der Waals surface area contributed by atoms with E-state index in [9.17, 15) is 31.9 Å². The zero-order chi connectivity index (χ0) is 31.3. The SMILES string of the molecule is CCOc1cc(/C=C2\SC(=O)N(CC(=O)Nc3cc(C(F)(F)F)ccc3OC)C2=O)cc(Cl)c1OCc1ccccc1F. The number of benzene rings is 3. The van der Waals surface area contributed by atoms with Crippen molar-refractivity contribution in [1.29, 1.82) is 0 Å². The van der Waals surface area contributed by atoms with Crippen LogP contribution >= 0.6 is 23.4 Å². The minimum atomic E-state index is -4.67. The van der Waals surface area contributed by atoms with Gasteiger partial charge in [0.2, 0.25) is 5.91 Å². The van der Waals surface area contributed by atoms with Crippen LogP contribution in [0.15, 0.2) is 59.5 Å². The number of hydrogen-bond acceptors (Lipinski definition) is 7. The van der Waals surface area contributed by atoms with Crippen molar-refractivity contribution in [3.8, 4) is 17.2 Å². The summed E-state index contributed by atoms with van der Waals surface area (Å²) in [6, 6.07) is 11.6. The number of ether oxygens (including phenoxy) is 3. The van der Waals surface area contributed by atoms with Gasteiger partial charge in [-0.05, 0) is 66.7 Å². The van der Waals surface area contributed by atoms with Gasteiger partial charge >= 0.3 is 6.18 Å². The van der Waals surface area contributed by atoms with Gasteiger partial charge in [0.15, 0.2) is 11.5 Å². The Labute approximate surface area is 252 Å². The molecule has 3 amide bonds.